The molecule has 2 heterocycles. The Hall–Kier alpha value is -2.24. The van der Waals surface area contributed by atoms with Crippen LogP contribution in [0.5, 0.6) is 5.75 Å². The number of hydrogen-bond donors (Lipinski definition) is 1. The van der Waals surface area contributed by atoms with Gasteiger partial charge in [0, 0.05) is 33.1 Å². The first kappa shape index (κ1) is 14.7. The summed E-state index contributed by atoms with van der Waals surface area (Å²) in [6.45, 7) is 3.92. The predicted octanol–water partition coefficient (Wildman–Crippen LogP) is 0.994. The Labute approximate surface area is 130 Å². The fraction of sp³-hybridized carbons (Fsp3) is 0.500. The van der Waals surface area contributed by atoms with E-state index >= 15 is 0 Å². The van der Waals surface area contributed by atoms with E-state index < -0.39 is 0 Å². The molecule has 1 saturated heterocycles. The summed E-state index contributed by atoms with van der Waals surface area (Å²) in [5.74, 6) is 0.807. The van der Waals surface area contributed by atoms with Gasteiger partial charge in [0.2, 0.25) is 5.91 Å². The Morgan fingerprint density at radius 3 is 2.95 bits per heavy atom. The summed E-state index contributed by atoms with van der Waals surface area (Å²) in [5, 5.41) is 2.87. The second-order valence-electron chi connectivity index (χ2n) is 5.98. The maximum atomic E-state index is 12.0. The highest BCUT2D eigenvalue weighted by Crippen LogP contribution is 2.29. The van der Waals surface area contributed by atoms with Crippen LogP contribution in [0.15, 0.2) is 18.2 Å². The monoisotopic (exact) mass is 303 g/mol. The van der Waals surface area contributed by atoms with Gasteiger partial charge in [0.05, 0.1) is 0 Å². The van der Waals surface area contributed by atoms with Crippen LogP contribution in [-0.2, 0) is 17.8 Å². The number of nitrogens with zero attached hydrogens (tertiary/aromatic N) is 2. The molecule has 0 radical (unpaired) electrons. The molecule has 1 fully saturated rings. The second kappa shape index (κ2) is 5.87. The van der Waals surface area contributed by atoms with Crippen molar-refractivity contribution in [2.75, 3.05) is 26.7 Å². The lowest BCUT2D eigenvalue weighted by Gasteiger charge is -2.15. The highest BCUT2D eigenvalue weighted by atomic mass is 16.5. The van der Waals surface area contributed by atoms with Crippen molar-refractivity contribution in [2.24, 2.45) is 0 Å². The third kappa shape index (κ3) is 3.00. The number of amides is 3. The van der Waals surface area contributed by atoms with Gasteiger partial charge in [-0.25, -0.2) is 4.79 Å². The second-order valence-corrected chi connectivity index (χ2v) is 5.98. The van der Waals surface area contributed by atoms with Crippen LogP contribution in [0.4, 0.5) is 4.79 Å². The Bertz CT molecular complexity index is 602. The molecule has 0 saturated carbocycles. The molecule has 6 nitrogen and oxygen atoms in total. The number of hydrogen-bond acceptors (Lipinski definition) is 3. The first-order valence-electron chi connectivity index (χ1n) is 7.58. The Morgan fingerprint density at radius 1 is 1.41 bits per heavy atom. The smallest absolute Gasteiger partial charge is 0.320 e. The van der Waals surface area contributed by atoms with E-state index in [9.17, 15) is 9.59 Å². The van der Waals surface area contributed by atoms with Crippen LogP contribution in [0.1, 0.15) is 18.1 Å². The van der Waals surface area contributed by atoms with Crippen molar-refractivity contribution in [3.8, 4) is 5.75 Å². The highest BCUT2D eigenvalue weighted by molar-refractivity contribution is 5.84. The SMILES string of the molecule is C[C@@H]1Cc2cc(CNC(=O)CN3CCN(C)C3=O)ccc2O1. The molecule has 1 N–H and O–H groups in total. The molecule has 2 aliphatic heterocycles. The van der Waals surface area contributed by atoms with E-state index in [2.05, 4.69) is 11.4 Å². The Kier molecular flexibility index (Phi) is 3.92. The summed E-state index contributed by atoms with van der Waals surface area (Å²) in [6, 6.07) is 5.91. The third-order valence-corrected chi connectivity index (χ3v) is 4.09. The number of fused-ring (bicyclic) bond motifs is 1. The number of urea groups is 1. The number of rotatable bonds is 4. The Balaban J connectivity index is 1.51. The van der Waals surface area contributed by atoms with Gasteiger partial charge in [0.1, 0.15) is 18.4 Å². The molecule has 0 aromatic heterocycles. The van der Waals surface area contributed by atoms with E-state index in [4.69, 9.17) is 4.74 Å². The minimum absolute atomic E-state index is 0.0844. The van der Waals surface area contributed by atoms with Crippen molar-refractivity contribution in [1.82, 2.24) is 15.1 Å². The molecule has 1 aromatic carbocycles. The van der Waals surface area contributed by atoms with E-state index in [1.165, 1.54) is 5.56 Å². The summed E-state index contributed by atoms with van der Waals surface area (Å²) in [6.07, 6.45) is 1.13. The minimum atomic E-state index is -0.131. The fourth-order valence-corrected chi connectivity index (χ4v) is 2.87. The maximum Gasteiger partial charge on any atom is 0.320 e. The molecule has 3 amide bonds. The minimum Gasteiger partial charge on any atom is -0.490 e. The van der Waals surface area contributed by atoms with Gasteiger partial charge in [0.25, 0.3) is 0 Å². The van der Waals surface area contributed by atoms with Crippen molar-refractivity contribution >= 4 is 11.9 Å². The summed E-state index contributed by atoms with van der Waals surface area (Å²) >= 11 is 0. The molecule has 3 rings (SSSR count). The average Bonchev–Trinajstić information content (AvgIpc) is 3.00. The normalized spacial score (nSPS) is 20.1. The zero-order valence-corrected chi connectivity index (χ0v) is 13.0. The van der Waals surface area contributed by atoms with Crippen LogP contribution in [0.2, 0.25) is 0 Å². The van der Waals surface area contributed by atoms with E-state index in [0.717, 1.165) is 17.7 Å². The summed E-state index contributed by atoms with van der Waals surface area (Å²) in [5.41, 5.74) is 2.24. The molecule has 22 heavy (non-hydrogen) atoms. The van der Waals surface area contributed by atoms with Crippen LogP contribution in [0.3, 0.4) is 0 Å². The van der Waals surface area contributed by atoms with E-state index in [-0.39, 0.29) is 24.6 Å². The van der Waals surface area contributed by atoms with Crippen LogP contribution in [-0.4, -0.2) is 54.5 Å². The number of likely N-dealkylation sites (N-methyl/N-ethyl adjacent to an activating group) is 1. The van der Waals surface area contributed by atoms with Gasteiger partial charge < -0.3 is 19.9 Å². The van der Waals surface area contributed by atoms with Gasteiger partial charge in [-0.15, -0.1) is 0 Å². The van der Waals surface area contributed by atoms with E-state index in [1.807, 2.05) is 19.1 Å². The van der Waals surface area contributed by atoms with Gasteiger partial charge in [-0.1, -0.05) is 12.1 Å². The molecule has 0 unspecified atom stereocenters. The topological polar surface area (TPSA) is 61.9 Å². The molecule has 6 heteroatoms. The van der Waals surface area contributed by atoms with E-state index in [1.54, 1.807) is 16.8 Å². The fourth-order valence-electron chi connectivity index (χ4n) is 2.87. The zero-order chi connectivity index (χ0) is 15.7. The first-order valence-corrected chi connectivity index (χ1v) is 7.58. The van der Waals surface area contributed by atoms with Crippen LogP contribution in [0, 0.1) is 0 Å². The van der Waals surface area contributed by atoms with Gasteiger partial charge in [0.15, 0.2) is 0 Å². The van der Waals surface area contributed by atoms with Crippen molar-refractivity contribution in [2.45, 2.75) is 26.0 Å². The number of carbonyl (C=O) groups is 2. The van der Waals surface area contributed by atoms with Crippen molar-refractivity contribution in [3.63, 3.8) is 0 Å². The average molecular weight is 303 g/mol. The van der Waals surface area contributed by atoms with Gasteiger partial charge in [-0.05, 0) is 24.1 Å². The lowest BCUT2D eigenvalue weighted by Crippen LogP contribution is -2.39. The predicted molar refractivity (Wildman–Crippen MR) is 81.7 cm³/mol. The molecular weight excluding hydrogens is 282 g/mol. The molecule has 1 atom stereocenters. The molecule has 0 bridgehead atoms. The molecule has 0 aliphatic carbocycles. The highest BCUT2D eigenvalue weighted by Gasteiger charge is 2.26. The quantitative estimate of drug-likeness (QED) is 0.902. The standard InChI is InChI=1S/C16H21N3O3/c1-11-7-13-8-12(3-4-14(13)22-11)9-17-15(20)10-19-6-5-18(2)16(19)21/h3-4,8,11H,5-7,9-10H2,1-2H3,(H,17,20)/t11-/m1/s1. The van der Waals surface area contributed by atoms with Crippen molar-refractivity contribution in [1.29, 1.82) is 0 Å². The van der Waals surface area contributed by atoms with Crippen LogP contribution in [0.25, 0.3) is 0 Å². The zero-order valence-electron chi connectivity index (χ0n) is 13.0. The van der Waals surface area contributed by atoms with Crippen molar-refractivity contribution in [3.05, 3.63) is 29.3 Å². The molecule has 2 aliphatic rings. The Morgan fingerprint density at radius 2 is 2.23 bits per heavy atom. The molecule has 0 spiro atoms. The first-order chi connectivity index (χ1) is 10.5. The largest absolute Gasteiger partial charge is 0.490 e. The number of ether oxygens (including phenoxy) is 1. The lowest BCUT2D eigenvalue weighted by molar-refractivity contribution is -0.121. The van der Waals surface area contributed by atoms with Gasteiger partial charge in [-0.3, -0.25) is 4.79 Å². The third-order valence-electron chi connectivity index (χ3n) is 4.09. The van der Waals surface area contributed by atoms with Crippen LogP contribution >= 0.6 is 0 Å². The van der Waals surface area contributed by atoms with Crippen LogP contribution < -0.4 is 10.1 Å². The van der Waals surface area contributed by atoms with E-state index in [0.29, 0.717) is 19.6 Å². The summed E-state index contributed by atoms with van der Waals surface area (Å²) in [4.78, 5) is 26.9. The number of benzene rings is 1. The number of carbonyl (C=O) groups excluding carboxylic acids is 2. The summed E-state index contributed by atoms with van der Waals surface area (Å²) in [7, 11) is 1.74. The molecule has 118 valence electrons. The van der Waals surface area contributed by atoms with Crippen molar-refractivity contribution < 1.29 is 14.3 Å². The number of nitrogens with one attached hydrogen (secondary N) is 1. The summed E-state index contributed by atoms with van der Waals surface area (Å²) < 4.78 is 5.66. The van der Waals surface area contributed by atoms with Gasteiger partial charge >= 0.3 is 6.03 Å². The lowest BCUT2D eigenvalue weighted by atomic mass is 10.1. The maximum absolute atomic E-state index is 12.0. The van der Waals surface area contributed by atoms with Gasteiger partial charge in [-0.2, -0.15) is 0 Å². The molecule has 1 aromatic rings. The molecular formula is C16H21N3O3.